The minimum absolute atomic E-state index is 0.0256. The summed E-state index contributed by atoms with van der Waals surface area (Å²) in [6.07, 6.45) is 0. The number of anilines is 1. The number of rotatable bonds is 6. The lowest BCUT2D eigenvalue weighted by Crippen LogP contribution is -2.40. The lowest BCUT2D eigenvalue weighted by Gasteiger charge is -2.16. The molecule has 1 aromatic carbocycles. The van der Waals surface area contributed by atoms with Gasteiger partial charge in [-0.2, -0.15) is 0 Å². The molecule has 6 heteroatoms. The minimum Gasteiger partial charge on any atom is -0.484 e. The smallest absolute Gasteiger partial charge is 0.260 e. The van der Waals surface area contributed by atoms with Crippen LogP contribution in [0.4, 0.5) is 5.69 Å². The molecule has 0 atom stereocenters. The summed E-state index contributed by atoms with van der Waals surface area (Å²) in [4.78, 5) is 24.4. The number of nitrogens with two attached hydrogens (primary N) is 1. The average molecular weight is 265 g/mol. The lowest BCUT2D eigenvalue weighted by atomic mass is 10.3. The number of nitrogen functional groups attached to an aromatic ring is 1. The van der Waals surface area contributed by atoms with E-state index in [9.17, 15) is 9.59 Å². The summed E-state index contributed by atoms with van der Waals surface area (Å²) < 4.78 is 5.31. The number of nitrogens with one attached hydrogen (secondary N) is 1. The number of benzene rings is 1. The minimum atomic E-state index is -0.261. The molecule has 0 aliphatic rings. The third kappa shape index (κ3) is 5.29. The van der Waals surface area contributed by atoms with Gasteiger partial charge < -0.3 is 20.7 Å². The second-order valence-electron chi connectivity index (χ2n) is 4.06. The van der Waals surface area contributed by atoms with Crippen LogP contribution in [0, 0.1) is 0 Å². The molecule has 0 aliphatic heterocycles. The molecular weight excluding hydrogens is 246 g/mol. The van der Waals surface area contributed by atoms with Crippen molar-refractivity contribution in [1.29, 1.82) is 0 Å². The summed E-state index contributed by atoms with van der Waals surface area (Å²) in [5.41, 5.74) is 6.17. The molecule has 0 radical (unpaired) electrons. The van der Waals surface area contributed by atoms with Crippen LogP contribution in [0.5, 0.6) is 5.75 Å². The fourth-order valence-corrected chi connectivity index (χ4v) is 1.38. The monoisotopic (exact) mass is 265 g/mol. The first-order valence-electron chi connectivity index (χ1n) is 6.02. The van der Waals surface area contributed by atoms with Gasteiger partial charge in [-0.05, 0) is 31.2 Å². The summed E-state index contributed by atoms with van der Waals surface area (Å²) in [6.45, 7) is 2.28. The third-order valence-electron chi connectivity index (χ3n) is 2.42. The normalized spacial score (nSPS) is 9.79. The maximum Gasteiger partial charge on any atom is 0.260 e. The van der Waals surface area contributed by atoms with Crippen LogP contribution in [0.25, 0.3) is 0 Å². The van der Waals surface area contributed by atoms with E-state index in [0.29, 0.717) is 18.0 Å². The van der Waals surface area contributed by atoms with Crippen molar-refractivity contribution in [2.24, 2.45) is 0 Å². The van der Waals surface area contributed by atoms with E-state index < -0.39 is 0 Å². The first-order chi connectivity index (χ1) is 9.02. The molecule has 0 fully saturated rings. The SMILES string of the molecule is CCNC(=O)CN(C)C(=O)COc1ccc(N)cc1. The zero-order chi connectivity index (χ0) is 14.3. The van der Waals surface area contributed by atoms with Crippen LogP contribution in [-0.4, -0.2) is 43.5 Å². The number of nitrogens with zero attached hydrogens (tertiary/aromatic N) is 1. The van der Waals surface area contributed by atoms with Crippen molar-refractivity contribution in [3.8, 4) is 5.75 Å². The van der Waals surface area contributed by atoms with Gasteiger partial charge in [-0.25, -0.2) is 0 Å². The van der Waals surface area contributed by atoms with Crippen LogP contribution in [0.3, 0.4) is 0 Å². The largest absolute Gasteiger partial charge is 0.484 e. The molecule has 0 saturated heterocycles. The molecule has 19 heavy (non-hydrogen) atoms. The number of hydrogen-bond donors (Lipinski definition) is 2. The van der Waals surface area contributed by atoms with E-state index in [1.165, 1.54) is 4.90 Å². The number of likely N-dealkylation sites (N-methyl/N-ethyl adjacent to an activating group) is 2. The molecule has 104 valence electrons. The second-order valence-corrected chi connectivity index (χ2v) is 4.06. The predicted octanol–water partition coefficient (Wildman–Crippen LogP) is 0.242. The van der Waals surface area contributed by atoms with Crippen LogP contribution in [0.15, 0.2) is 24.3 Å². The van der Waals surface area contributed by atoms with E-state index >= 15 is 0 Å². The molecule has 1 rings (SSSR count). The van der Waals surface area contributed by atoms with Crippen molar-refractivity contribution in [2.75, 3.05) is 32.5 Å². The molecular formula is C13H19N3O3. The van der Waals surface area contributed by atoms with Gasteiger partial charge in [0.05, 0.1) is 6.54 Å². The number of hydrogen-bond acceptors (Lipinski definition) is 4. The Kier molecular flexibility index (Phi) is 5.66. The van der Waals surface area contributed by atoms with Crippen molar-refractivity contribution in [3.63, 3.8) is 0 Å². The van der Waals surface area contributed by atoms with Crippen molar-refractivity contribution >= 4 is 17.5 Å². The van der Waals surface area contributed by atoms with Gasteiger partial charge in [0.25, 0.3) is 5.91 Å². The molecule has 2 amide bonds. The van der Waals surface area contributed by atoms with Gasteiger partial charge in [0.1, 0.15) is 5.75 Å². The van der Waals surface area contributed by atoms with Crippen LogP contribution >= 0.6 is 0 Å². The molecule has 3 N–H and O–H groups in total. The summed E-state index contributed by atoms with van der Waals surface area (Å²) in [5.74, 6) is 0.114. The van der Waals surface area contributed by atoms with Crippen LogP contribution < -0.4 is 15.8 Å². The van der Waals surface area contributed by atoms with E-state index in [1.54, 1.807) is 31.3 Å². The maximum atomic E-state index is 11.7. The molecule has 0 unspecified atom stereocenters. The van der Waals surface area contributed by atoms with Gasteiger partial charge in [0.2, 0.25) is 5.91 Å². The molecule has 0 saturated carbocycles. The summed E-state index contributed by atoms with van der Waals surface area (Å²) >= 11 is 0. The summed E-state index contributed by atoms with van der Waals surface area (Å²) in [6, 6.07) is 6.76. The van der Waals surface area contributed by atoms with Crippen LogP contribution in [0.2, 0.25) is 0 Å². The summed E-state index contributed by atoms with van der Waals surface area (Å²) in [5, 5.41) is 2.62. The molecule has 0 bridgehead atoms. The molecule has 0 spiro atoms. The fourth-order valence-electron chi connectivity index (χ4n) is 1.38. The van der Waals surface area contributed by atoms with Crippen molar-refractivity contribution in [3.05, 3.63) is 24.3 Å². The highest BCUT2D eigenvalue weighted by Gasteiger charge is 2.12. The van der Waals surface area contributed by atoms with Gasteiger partial charge in [0.15, 0.2) is 6.61 Å². The summed E-state index contributed by atoms with van der Waals surface area (Å²) in [7, 11) is 1.56. The average Bonchev–Trinajstić information content (AvgIpc) is 2.37. The highest BCUT2D eigenvalue weighted by Crippen LogP contribution is 2.12. The second kappa shape index (κ2) is 7.25. The Morgan fingerprint density at radius 1 is 1.32 bits per heavy atom. The number of carbonyl (C=O) groups excluding carboxylic acids is 2. The van der Waals surface area contributed by atoms with Gasteiger partial charge in [0, 0.05) is 19.3 Å². The lowest BCUT2D eigenvalue weighted by molar-refractivity contribution is -0.136. The quantitative estimate of drug-likeness (QED) is 0.722. The Hall–Kier alpha value is -2.24. The zero-order valence-electron chi connectivity index (χ0n) is 11.2. The van der Waals surface area contributed by atoms with E-state index in [4.69, 9.17) is 10.5 Å². The van der Waals surface area contributed by atoms with Crippen LogP contribution in [-0.2, 0) is 9.59 Å². The Morgan fingerprint density at radius 3 is 2.53 bits per heavy atom. The molecule has 0 aromatic heterocycles. The first-order valence-corrected chi connectivity index (χ1v) is 6.02. The molecule has 0 aliphatic carbocycles. The van der Waals surface area contributed by atoms with Crippen molar-refractivity contribution in [1.82, 2.24) is 10.2 Å². The van der Waals surface area contributed by atoms with Gasteiger partial charge in [-0.3, -0.25) is 9.59 Å². The highest BCUT2D eigenvalue weighted by atomic mass is 16.5. The standard InChI is InChI=1S/C13H19N3O3/c1-3-15-12(17)8-16(2)13(18)9-19-11-6-4-10(14)5-7-11/h4-7H,3,8-9,14H2,1-2H3,(H,15,17). The van der Waals surface area contributed by atoms with Gasteiger partial charge >= 0.3 is 0 Å². The molecule has 6 nitrogen and oxygen atoms in total. The number of ether oxygens (including phenoxy) is 1. The van der Waals surface area contributed by atoms with E-state index in [0.717, 1.165) is 0 Å². The number of amides is 2. The highest BCUT2D eigenvalue weighted by molar-refractivity contribution is 5.85. The molecule has 0 heterocycles. The molecule has 1 aromatic rings. The topological polar surface area (TPSA) is 84.7 Å². The zero-order valence-corrected chi connectivity index (χ0v) is 11.2. The fraction of sp³-hybridized carbons (Fsp3) is 0.385. The van der Waals surface area contributed by atoms with Crippen molar-refractivity contribution in [2.45, 2.75) is 6.92 Å². The van der Waals surface area contributed by atoms with E-state index in [1.807, 2.05) is 6.92 Å². The predicted molar refractivity (Wildman–Crippen MR) is 72.7 cm³/mol. The van der Waals surface area contributed by atoms with Gasteiger partial charge in [-0.15, -0.1) is 0 Å². The Labute approximate surface area is 112 Å². The maximum absolute atomic E-state index is 11.7. The Bertz CT molecular complexity index is 431. The van der Waals surface area contributed by atoms with Crippen LogP contribution in [0.1, 0.15) is 6.92 Å². The van der Waals surface area contributed by atoms with E-state index in [-0.39, 0.29) is 25.0 Å². The third-order valence-corrected chi connectivity index (χ3v) is 2.42. The number of carbonyl (C=O) groups is 2. The van der Waals surface area contributed by atoms with Gasteiger partial charge in [-0.1, -0.05) is 0 Å². The Balaban J connectivity index is 2.38. The van der Waals surface area contributed by atoms with Crippen molar-refractivity contribution < 1.29 is 14.3 Å². The Morgan fingerprint density at radius 2 is 1.95 bits per heavy atom. The van der Waals surface area contributed by atoms with E-state index in [2.05, 4.69) is 5.32 Å². The first kappa shape index (κ1) is 14.8.